The Kier molecular flexibility index (Phi) is 6.12. The molecule has 0 spiro atoms. The average molecular weight is 417 g/mol. The molecule has 3 rings (SSSR count). The van der Waals surface area contributed by atoms with Crippen molar-refractivity contribution < 1.29 is 9.53 Å². The summed E-state index contributed by atoms with van der Waals surface area (Å²) in [5.41, 5.74) is 0.116. The third-order valence-corrected chi connectivity index (χ3v) is 4.56. The number of carbonyl (C=O) groups excluding carboxylic acids is 1. The number of carbonyl (C=O) groups is 1. The van der Waals surface area contributed by atoms with Gasteiger partial charge in [-0.05, 0) is 20.3 Å². The number of aryl methyl sites for hydroxylation is 1. The minimum absolute atomic E-state index is 0.0418. The van der Waals surface area contributed by atoms with Gasteiger partial charge in [-0.15, -0.1) is 0 Å². The number of hydrogen-bond donors (Lipinski definition) is 0. The number of nitrogens with zero attached hydrogens (tertiary/aromatic N) is 4. The molecule has 152 valence electrons. The second-order valence-corrected chi connectivity index (χ2v) is 7.20. The molecular formula is C20H21ClN4O4. The van der Waals surface area contributed by atoms with Crippen LogP contribution in [-0.4, -0.2) is 31.2 Å². The fraction of sp³-hybridized carbons (Fsp3) is 0.350. The van der Waals surface area contributed by atoms with Crippen LogP contribution in [0.3, 0.4) is 0 Å². The largest absolute Gasteiger partial charge is 0.463 e. The Morgan fingerprint density at radius 2 is 1.86 bits per heavy atom. The maximum atomic E-state index is 12.9. The number of hydrogen-bond acceptors (Lipinski definition) is 6. The Hall–Kier alpha value is -3.00. The SMILES string of the molecule is CC(C)OC(=O)CCCn1c(=O)c2nc(-c3ccccc3)c(Cl)nc2n(C)c1=O. The highest BCUT2D eigenvalue weighted by atomic mass is 35.5. The van der Waals surface area contributed by atoms with Crippen LogP contribution in [0, 0.1) is 0 Å². The van der Waals surface area contributed by atoms with E-state index in [4.69, 9.17) is 16.3 Å². The Morgan fingerprint density at radius 1 is 1.17 bits per heavy atom. The summed E-state index contributed by atoms with van der Waals surface area (Å²) < 4.78 is 7.36. The number of ether oxygens (including phenoxy) is 1. The Balaban J connectivity index is 2.01. The zero-order valence-electron chi connectivity index (χ0n) is 16.4. The molecule has 0 N–H and O–H groups in total. The van der Waals surface area contributed by atoms with Crippen molar-refractivity contribution in [1.82, 2.24) is 19.1 Å². The molecule has 0 amide bonds. The lowest BCUT2D eigenvalue weighted by Crippen LogP contribution is -2.40. The highest BCUT2D eigenvalue weighted by Gasteiger charge is 2.18. The summed E-state index contributed by atoms with van der Waals surface area (Å²) in [5, 5.41) is 0.104. The second-order valence-electron chi connectivity index (χ2n) is 6.84. The van der Waals surface area contributed by atoms with Crippen molar-refractivity contribution in [3.05, 3.63) is 56.3 Å². The van der Waals surface area contributed by atoms with Gasteiger partial charge >= 0.3 is 11.7 Å². The zero-order valence-corrected chi connectivity index (χ0v) is 17.1. The summed E-state index contributed by atoms with van der Waals surface area (Å²) in [5.74, 6) is -0.372. The Morgan fingerprint density at radius 3 is 2.52 bits per heavy atom. The van der Waals surface area contributed by atoms with Crippen LogP contribution in [0.4, 0.5) is 0 Å². The number of halogens is 1. The van der Waals surface area contributed by atoms with E-state index in [1.165, 1.54) is 11.6 Å². The predicted molar refractivity (Wildman–Crippen MR) is 110 cm³/mol. The van der Waals surface area contributed by atoms with Gasteiger partial charge < -0.3 is 4.74 Å². The third kappa shape index (κ3) is 4.37. The van der Waals surface area contributed by atoms with Gasteiger partial charge in [-0.1, -0.05) is 41.9 Å². The lowest BCUT2D eigenvalue weighted by atomic mass is 10.1. The van der Waals surface area contributed by atoms with Crippen LogP contribution in [0.15, 0.2) is 39.9 Å². The molecule has 8 nitrogen and oxygen atoms in total. The highest BCUT2D eigenvalue weighted by Crippen LogP contribution is 2.25. The van der Waals surface area contributed by atoms with Crippen molar-refractivity contribution in [1.29, 1.82) is 0 Å². The number of fused-ring (bicyclic) bond motifs is 1. The molecule has 2 heterocycles. The van der Waals surface area contributed by atoms with Gasteiger partial charge in [0.15, 0.2) is 16.3 Å². The molecule has 29 heavy (non-hydrogen) atoms. The minimum Gasteiger partial charge on any atom is -0.463 e. The first-order chi connectivity index (χ1) is 13.8. The van der Waals surface area contributed by atoms with Crippen LogP contribution in [0.2, 0.25) is 5.15 Å². The van der Waals surface area contributed by atoms with E-state index in [-0.39, 0.29) is 41.4 Å². The molecule has 0 fully saturated rings. The van der Waals surface area contributed by atoms with Gasteiger partial charge in [-0.3, -0.25) is 18.7 Å². The molecule has 0 aliphatic heterocycles. The highest BCUT2D eigenvalue weighted by molar-refractivity contribution is 6.32. The molecule has 0 unspecified atom stereocenters. The van der Waals surface area contributed by atoms with Crippen molar-refractivity contribution in [3.8, 4) is 11.3 Å². The fourth-order valence-corrected chi connectivity index (χ4v) is 3.18. The van der Waals surface area contributed by atoms with Gasteiger partial charge in [0.05, 0.1) is 6.10 Å². The van der Waals surface area contributed by atoms with E-state index < -0.39 is 11.2 Å². The second kappa shape index (κ2) is 8.57. The molecule has 1 aromatic carbocycles. The first-order valence-corrected chi connectivity index (χ1v) is 9.59. The Labute approximate surface area is 171 Å². The van der Waals surface area contributed by atoms with E-state index in [1.54, 1.807) is 13.8 Å². The molecule has 0 saturated carbocycles. The molecular weight excluding hydrogens is 396 g/mol. The molecule has 9 heteroatoms. The first kappa shape index (κ1) is 20.7. The van der Waals surface area contributed by atoms with Crippen LogP contribution in [0.1, 0.15) is 26.7 Å². The summed E-state index contributed by atoms with van der Waals surface area (Å²) >= 11 is 6.26. The van der Waals surface area contributed by atoms with E-state index in [0.717, 1.165) is 4.57 Å². The van der Waals surface area contributed by atoms with Crippen molar-refractivity contribution in [3.63, 3.8) is 0 Å². The summed E-state index contributed by atoms with van der Waals surface area (Å²) in [4.78, 5) is 45.9. The molecule has 0 saturated heterocycles. The number of aromatic nitrogens is 4. The van der Waals surface area contributed by atoms with Gasteiger partial charge in [-0.25, -0.2) is 14.8 Å². The zero-order chi connectivity index (χ0) is 21.1. The first-order valence-electron chi connectivity index (χ1n) is 9.21. The van der Waals surface area contributed by atoms with Crippen LogP contribution >= 0.6 is 11.6 Å². The molecule has 3 aromatic rings. The molecule has 0 aliphatic carbocycles. The van der Waals surface area contributed by atoms with E-state index >= 15 is 0 Å². The van der Waals surface area contributed by atoms with Gasteiger partial charge in [-0.2, -0.15) is 0 Å². The van der Waals surface area contributed by atoms with Crippen LogP contribution in [0.5, 0.6) is 0 Å². The van der Waals surface area contributed by atoms with Gasteiger partial charge in [0, 0.05) is 25.6 Å². The van der Waals surface area contributed by atoms with Crippen molar-refractivity contribution in [2.45, 2.75) is 39.3 Å². The third-order valence-electron chi connectivity index (χ3n) is 4.30. The lowest BCUT2D eigenvalue weighted by Gasteiger charge is -2.12. The van der Waals surface area contributed by atoms with Crippen LogP contribution in [0.25, 0.3) is 22.4 Å². The lowest BCUT2D eigenvalue weighted by molar-refractivity contribution is -0.147. The fourth-order valence-electron chi connectivity index (χ4n) is 2.95. The van der Waals surface area contributed by atoms with Gasteiger partial charge in [0.2, 0.25) is 0 Å². The molecule has 0 bridgehead atoms. The van der Waals surface area contributed by atoms with Crippen LogP contribution in [-0.2, 0) is 23.1 Å². The minimum atomic E-state index is -0.568. The van der Waals surface area contributed by atoms with Crippen molar-refractivity contribution in [2.75, 3.05) is 0 Å². The quantitative estimate of drug-likeness (QED) is 0.573. The van der Waals surface area contributed by atoms with Crippen molar-refractivity contribution >= 4 is 28.7 Å². The van der Waals surface area contributed by atoms with E-state index in [1.807, 2.05) is 30.3 Å². The van der Waals surface area contributed by atoms with E-state index in [9.17, 15) is 14.4 Å². The maximum absolute atomic E-state index is 12.9. The van der Waals surface area contributed by atoms with E-state index in [0.29, 0.717) is 17.7 Å². The summed E-state index contributed by atoms with van der Waals surface area (Å²) in [6.07, 6.45) is 0.182. The normalized spacial score (nSPS) is 11.2. The summed E-state index contributed by atoms with van der Waals surface area (Å²) in [6.45, 7) is 3.59. The number of rotatable bonds is 6. The predicted octanol–water partition coefficient (Wildman–Crippen LogP) is 2.54. The molecule has 0 radical (unpaired) electrons. The maximum Gasteiger partial charge on any atom is 0.332 e. The van der Waals surface area contributed by atoms with Gasteiger partial charge in [0.25, 0.3) is 5.56 Å². The van der Waals surface area contributed by atoms with Gasteiger partial charge in [0.1, 0.15) is 5.69 Å². The molecule has 0 aliphatic rings. The number of esters is 1. The summed E-state index contributed by atoms with van der Waals surface area (Å²) in [7, 11) is 1.50. The smallest absolute Gasteiger partial charge is 0.332 e. The monoisotopic (exact) mass is 416 g/mol. The summed E-state index contributed by atoms with van der Waals surface area (Å²) in [6, 6.07) is 9.12. The van der Waals surface area contributed by atoms with Crippen LogP contribution < -0.4 is 11.2 Å². The number of benzene rings is 1. The van der Waals surface area contributed by atoms with Crippen molar-refractivity contribution in [2.24, 2.45) is 7.05 Å². The standard InChI is InChI=1S/C20H21ClN4O4/c1-12(2)29-14(26)10-7-11-25-19(27)16-18(24(3)20(25)28)23-17(21)15(22-16)13-8-5-4-6-9-13/h4-6,8-9,12H,7,10-11H2,1-3H3. The average Bonchev–Trinajstić information content (AvgIpc) is 2.68. The topological polar surface area (TPSA) is 96.1 Å². The molecule has 0 atom stereocenters. The molecule has 2 aromatic heterocycles. The Bertz CT molecular complexity index is 1170. The van der Waals surface area contributed by atoms with E-state index in [2.05, 4.69) is 9.97 Å².